The first-order valence-corrected chi connectivity index (χ1v) is 6.70. The third-order valence-electron chi connectivity index (χ3n) is 3.22. The van der Waals surface area contributed by atoms with E-state index in [1.54, 1.807) is 4.90 Å². The Balaban J connectivity index is 3.83. The van der Waals surface area contributed by atoms with E-state index < -0.39 is 0 Å². The molecule has 0 rings (SSSR count). The van der Waals surface area contributed by atoms with E-state index in [9.17, 15) is 4.79 Å². The van der Waals surface area contributed by atoms with Crippen molar-refractivity contribution >= 4 is 5.91 Å². The lowest BCUT2D eigenvalue weighted by Crippen LogP contribution is -2.47. The molecule has 0 aliphatic rings. The zero-order valence-electron chi connectivity index (χ0n) is 12.2. The summed E-state index contributed by atoms with van der Waals surface area (Å²) >= 11 is 0. The number of likely N-dealkylation sites (N-methyl/N-ethyl adjacent to an activating group) is 2. The fraction of sp³-hybridized carbons (Fsp3) is 0.786. The Hall–Kier alpha value is -0.870. The molecule has 106 valence electrons. The smallest absolute Gasteiger partial charge is 0.222 e. The maximum Gasteiger partial charge on any atom is 0.222 e. The number of rotatable bonds is 10. The Morgan fingerprint density at radius 2 is 2.00 bits per heavy atom. The number of hydrogen-bond acceptors (Lipinski definition) is 2. The van der Waals surface area contributed by atoms with Crippen LogP contribution in [0.4, 0.5) is 0 Å². The largest absolute Gasteiger partial charge is 0.391 e. The van der Waals surface area contributed by atoms with Gasteiger partial charge < -0.3 is 14.5 Å². The van der Waals surface area contributed by atoms with Crippen LogP contribution in [-0.4, -0.2) is 67.8 Å². The van der Waals surface area contributed by atoms with E-state index in [4.69, 9.17) is 5.11 Å². The summed E-state index contributed by atoms with van der Waals surface area (Å²) in [7, 11) is 5.99. The first-order chi connectivity index (χ1) is 8.43. The Morgan fingerprint density at radius 1 is 1.33 bits per heavy atom. The molecule has 0 radical (unpaired) electrons. The van der Waals surface area contributed by atoms with E-state index in [1.165, 1.54) is 0 Å². The molecule has 0 heterocycles. The van der Waals surface area contributed by atoms with Crippen LogP contribution in [0, 0.1) is 0 Å². The average molecular weight is 257 g/mol. The van der Waals surface area contributed by atoms with Crippen molar-refractivity contribution in [2.24, 2.45) is 0 Å². The minimum absolute atomic E-state index is 0.187. The summed E-state index contributed by atoms with van der Waals surface area (Å²) in [6.07, 6.45) is 5.47. The molecule has 0 aromatic rings. The van der Waals surface area contributed by atoms with Crippen LogP contribution >= 0.6 is 0 Å². The van der Waals surface area contributed by atoms with Gasteiger partial charge >= 0.3 is 0 Å². The number of aliphatic hydroxyl groups is 1. The van der Waals surface area contributed by atoms with Crippen molar-refractivity contribution in [3.63, 3.8) is 0 Å². The van der Waals surface area contributed by atoms with Gasteiger partial charge in [-0.15, -0.1) is 6.58 Å². The van der Waals surface area contributed by atoms with Gasteiger partial charge in [0.25, 0.3) is 0 Å². The lowest BCUT2D eigenvalue weighted by Gasteiger charge is -2.31. The number of aliphatic hydroxyl groups excluding tert-OH is 1. The highest BCUT2D eigenvalue weighted by Gasteiger charge is 2.16. The lowest BCUT2D eigenvalue weighted by atomic mass is 10.2. The standard InChI is InChI=1S/C14H29N2O2/c1-5-6-7-8-9-14(18)15(2)10-11-16(3,4)12-13-17/h5,17H,1,6-13H2,2-4H3/q+1. The Bertz CT molecular complexity index is 252. The number of quaternary nitrogens is 1. The zero-order valence-corrected chi connectivity index (χ0v) is 12.2. The molecule has 0 aliphatic heterocycles. The van der Waals surface area contributed by atoms with Gasteiger partial charge in [0, 0.05) is 13.5 Å². The minimum Gasteiger partial charge on any atom is -0.391 e. The van der Waals surface area contributed by atoms with Crippen LogP contribution < -0.4 is 0 Å². The van der Waals surface area contributed by atoms with E-state index in [1.807, 2.05) is 13.1 Å². The quantitative estimate of drug-likeness (QED) is 0.364. The molecule has 0 unspecified atom stereocenters. The molecule has 0 saturated carbocycles. The van der Waals surface area contributed by atoms with E-state index in [2.05, 4.69) is 20.7 Å². The molecular weight excluding hydrogens is 228 g/mol. The number of carbonyl (C=O) groups is 1. The minimum atomic E-state index is 0.187. The monoisotopic (exact) mass is 257 g/mol. The average Bonchev–Trinajstić information content (AvgIpc) is 2.31. The third kappa shape index (κ3) is 8.25. The van der Waals surface area contributed by atoms with Crippen LogP contribution in [0.3, 0.4) is 0 Å². The summed E-state index contributed by atoms with van der Waals surface area (Å²) in [5.74, 6) is 0.211. The summed E-state index contributed by atoms with van der Waals surface area (Å²) in [4.78, 5) is 13.6. The molecule has 0 atom stereocenters. The zero-order chi connectivity index (χ0) is 14.0. The molecule has 0 aromatic heterocycles. The fourth-order valence-electron chi connectivity index (χ4n) is 1.68. The predicted octanol–water partition coefficient (Wildman–Crippen LogP) is 1.26. The van der Waals surface area contributed by atoms with Gasteiger partial charge in [-0.2, -0.15) is 0 Å². The maximum absolute atomic E-state index is 11.8. The second-order valence-corrected chi connectivity index (χ2v) is 5.46. The normalized spacial score (nSPS) is 11.3. The highest BCUT2D eigenvalue weighted by Crippen LogP contribution is 2.04. The lowest BCUT2D eigenvalue weighted by molar-refractivity contribution is -0.890. The van der Waals surface area contributed by atoms with Crippen molar-refractivity contribution < 1.29 is 14.4 Å². The second kappa shape index (κ2) is 9.11. The van der Waals surface area contributed by atoms with E-state index in [0.717, 1.165) is 43.4 Å². The molecule has 0 saturated heterocycles. The van der Waals surface area contributed by atoms with Gasteiger partial charge in [0.1, 0.15) is 6.54 Å². The summed E-state index contributed by atoms with van der Waals surface area (Å²) in [6.45, 7) is 6.19. The van der Waals surface area contributed by atoms with Crippen LogP contribution in [0.2, 0.25) is 0 Å². The molecule has 18 heavy (non-hydrogen) atoms. The van der Waals surface area contributed by atoms with Crippen molar-refractivity contribution in [3.8, 4) is 0 Å². The molecule has 0 bridgehead atoms. The molecule has 0 spiro atoms. The summed E-state index contributed by atoms with van der Waals surface area (Å²) in [5, 5.41) is 8.94. The summed E-state index contributed by atoms with van der Waals surface area (Å²) < 4.78 is 0.741. The van der Waals surface area contributed by atoms with Crippen molar-refractivity contribution in [1.29, 1.82) is 0 Å². The number of carbonyl (C=O) groups excluding carboxylic acids is 1. The molecule has 0 aliphatic carbocycles. The van der Waals surface area contributed by atoms with Gasteiger partial charge in [-0.3, -0.25) is 4.79 Å². The second-order valence-electron chi connectivity index (χ2n) is 5.46. The number of hydrogen-bond donors (Lipinski definition) is 1. The first-order valence-electron chi connectivity index (χ1n) is 6.70. The summed E-state index contributed by atoms with van der Waals surface area (Å²) in [5.41, 5.74) is 0. The Labute approximate surface area is 111 Å². The summed E-state index contributed by atoms with van der Waals surface area (Å²) in [6, 6.07) is 0. The Morgan fingerprint density at radius 3 is 2.56 bits per heavy atom. The first kappa shape index (κ1) is 17.1. The van der Waals surface area contributed by atoms with Crippen molar-refractivity contribution in [1.82, 2.24) is 4.90 Å². The van der Waals surface area contributed by atoms with Gasteiger partial charge in [0.05, 0.1) is 33.8 Å². The topological polar surface area (TPSA) is 40.5 Å². The van der Waals surface area contributed by atoms with Crippen LogP contribution in [0.1, 0.15) is 25.7 Å². The highest BCUT2D eigenvalue weighted by atomic mass is 16.3. The predicted molar refractivity (Wildman–Crippen MR) is 75.2 cm³/mol. The van der Waals surface area contributed by atoms with Gasteiger partial charge in [0.2, 0.25) is 5.91 Å². The SMILES string of the molecule is C=CCCCCC(=O)N(C)CC[N+](C)(C)CCO. The van der Waals surface area contributed by atoms with Gasteiger partial charge in [-0.25, -0.2) is 0 Å². The van der Waals surface area contributed by atoms with E-state index in [-0.39, 0.29) is 12.5 Å². The van der Waals surface area contributed by atoms with Gasteiger partial charge in [0.15, 0.2) is 0 Å². The number of allylic oxidation sites excluding steroid dienone is 1. The highest BCUT2D eigenvalue weighted by molar-refractivity contribution is 5.75. The molecular formula is C14H29N2O2+. The molecule has 4 heteroatoms. The van der Waals surface area contributed by atoms with E-state index >= 15 is 0 Å². The molecule has 0 fully saturated rings. The number of unbranched alkanes of at least 4 members (excludes halogenated alkanes) is 2. The van der Waals surface area contributed by atoms with Crippen LogP contribution in [0.5, 0.6) is 0 Å². The van der Waals surface area contributed by atoms with Crippen LogP contribution in [0.15, 0.2) is 12.7 Å². The van der Waals surface area contributed by atoms with Crippen molar-refractivity contribution in [2.75, 3.05) is 47.4 Å². The maximum atomic E-state index is 11.8. The van der Waals surface area contributed by atoms with Gasteiger partial charge in [-0.05, 0) is 19.3 Å². The van der Waals surface area contributed by atoms with Crippen LogP contribution in [0.25, 0.3) is 0 Å². The van der Waals surface area contributed by atoms with Crippen LogP contribution in [-0.2, 0) is 4.79 Å². The van der Waals surface area contributed by atoms with Gasteiger partial charge in [-0.1, -0.05) is 6.08 Å². The Kier molecular flexibility index (Phi) is 8.67. The molecule has 4 nitrogen and oxygen atoms in total. The van der Waals surface area contributed by atoms with Crippen molar-refractivity contribution in [2.45, 2.75) is 25.7 Å². The number of nitrogens with zero attached hydrogens (tertiary/aromatic N) is 2. The van der Waals surface area contributed by atoms with Crippen molar-refractivity contribution in [3.05, 3.63) is 12.7 Å². The molecule has 1 amide bonds. The molecule has 0 aromatic carbocycles. The third-order valence-corrected chi connectivity index (χ3v) is 3.22. The molecule has 1 N–H and O–H groups in total. The van der Waals surface area contributed by atoms with E-state index in [0.29, 0.717) is 6.42 Å². The fourth-order valence-corrected chi connectivity index (χ4v) is 1.68. The number of amides is 1.